The van der Waals surface area contributed by atoms with E-state index in [9.17, 15) is 13.2 Å². The van der Waals surface area contributed by atoms with Crippen LogP contribution >= 0.6 is 15.9 Å². The number of ether oxygens (including phenoxy) is 1. The van der Waals surface area contributed by atoms with Gasteiger partial charge in [0.05, 0.1) is 16.9 Å². The first-order valence-electron chi connectivity index (χ1n) is 11.0. The van der Waals surface area contributed by atoms with E-state index >= 15 is 0 Å². The third-order valence-corrected chi connectivity index (χ3v) is 7.30. The van der Waals surface area contributed by atoms with Gasteiger partial charge >= 0.3 is 5.97 Å². The fraction of sp³-hybridized carbons (Fsp3) is 0.500. The average molecular weight is 540 g/mol. The second kappa shape index (κ2) is 10.3. The Morgan fingerprint density at radius 3 is 2.09 bits per heavy atom. The van der Waals surface area contributed by atoms with Crippen LogP contribution in [0.5, 0.6) is 0 Å². The predicted octanol–water partition coefficient (Wildman–Crippen LogP) is 6.57. The van der Waals surface area contributed by atoms with Crippen molar-refractivity contribution in [3.63, 3.8) is 0 Å². The third kappa shape index (κ3) is 7.94. The molecule has 2 aromatic rings. The van der Waals surface area contributed by atoms with Crippen molar-refractivity contribution in [3.05, 3.63) is 64.1 Å². The lowest BCUT2D eigenvalue weighted by Gasteiger charge is -2.34. The molecule has 0 amide bonds. The first-order valence-corrected chi connectivity index (χ1v) is 13.2. The van der Waals surface area contributed by atoms with E-state index in [2.05, 4.69) is 15.9 Å². The van der Waals surface area contributed by atoms with Crippen molar-refractivity contribution in [2.24, 2.45) is 5.41 Å². The largest absolute Gasteiger partial charge is 0.459 e. The highest BCUT2D eigenvalue weighted by Crippen LogP contribution is 2.38. The van der Waals surface area contributed by atoms with E-state index in [4.69, 9.17) is 8.92 Å². The molecule has 0 aliphatic heterocycles. The van der Waals surface area contributed by atoms with Gasteiger partial charge in [0.15, 0.2) is 0 Å². The van der Waals surface area contributed by atoms with Crippen LogP contribution in [-0.2, 0) is 29.2 Å². The van der Waals surface area contributed by atoms with Gasteiger partial charge in [0, 0.05) is 4.47 Å². The minimum atomic E-state index is -3.86. The van der Waals surface area contributed by atoms with E-state index in [-0.39, 0.29) is 17.5 Å². The lowest BCUT2D eigenvalue weighted by Crippen LogP contribution is -2.40. The van der Waals surface area contributed by atoms with Crippen LogP contribution in [0.15, 0.2) is 57.9 Å². The highest BCUT2D eigenvalue weighted by Gasteiger charge is 2.40. The summed E-state index contributed by atoms with van der Waals surface area (Å²) in [6.07, 6.45) is 1.03. The Morgan fingerprint density at radius 1 is 0.939 bits per heavy atom. The summed E-state index contributed by atoms with van der Waals surface area (Å²) in [6, 6.07) is 14.2. The maximum atomic E-state index is 13.3. The summed E-state index contributed by atoms with van der Waals surface area (Å²) in [4.78, 5) is 13.4. The normalized spacial score (nSPS) is 14.5. The number of rotatable bonds is 9. The van der Waals surface area contributed by atoms with Crippen molar-refractivity contribution in [3.8, 4) is 0 Å². The standard InChI is InChI=1S/C26H35BrO5S/c1-19-11-13-22(14-12-19)33(29,30)31-18-25(5,6)15-16-26(7,23(28)32-24(2,3)4)20-9-8-10-21(27)17-20/h8-14,17H,15-16,18H2,1-7H3. The summed E-state index contributed by atoms with van der Waals surface area (Å²) < 4.78 is 37.3. The molecule has 0 spiro atoms. The molecule has 0 aliphatic carbocycles. The maximum Gasteiger partial charge on any atom is 0.316 e. The molecular formula is C26H35BrO5S. The predicted molar refractivity (Wildman–Crippen MR) is 135 cm³/mol. The Balaban J connectivity index is 2.19. The fourth-order valence-electron chi connectivity index (χ4n) is 3.26. The number of benzene rings is 2. The molecule has 33 heavy (non-hydrogen) atoms. The van der Waals surface area contributed by atoms with Gasteiger partial charge in [-0.05, 0) is 82.7 Å². The van der Waals surface area contributed by atoms with Crippen LogP contribution in [0, 0.1) is 12.3 Å². The van der Waals surface area contributed by atoms with E-state index in [0.29, 0.717) is 12.8 Å². The first-order chi connectivity index (χ1) is 15.0. The molecule has 182 valence electrons. The van der Waals surface area contributed by atoms with Gasteiger partial charge in [-0.3, -0.25) is 8.98 Å². The van der Waals surface area contributed by atoms with E-state index < -0.39 is 26.5 Å². The number of carbonyl (C=O) groups excluding carboxylic acids is 1. The number of carbonyl (C=O) groups is 1. The average Bonchev–Trinajstić information content (AvgIpc) is 2.70. The Morgan fingerprint density at radius 2 is 1.55 bits per heavy atom. The van der Waals surface area contributed by atoms with Crippen molar-refractivity contribution in [2.45, 2.75) is 77.2 Å². The summed E-state index contributed by atoms with van der Waals surface area (Å²) in [5.74, 6) is -0.308. The van der Waals surface area contributed by atoms with Crippen molar-refractivity contribution in [2.75, 3.05) is 6.61 Å². The molecule has 0 radical (unpaired) electrons. The molecule has 7 heteroatoms. The van der Waals surface area contributed by atoms with Crippen LogP contribution in [0.1, 0.15) is 65.5 Å². The zero-order valence-corrected chi connectivity index (χ0v) is 23.0. The topological polar surface area (TPSA) is 69.7 Å². The van der Waals surface area contributed by atoms with Gasteiger partial charge in [0.1, 0.15) is 5.60 Å². The number of halogens is 1. The first kappa shape index (κ1) is 27.5. The number of esters is 1. The van der Waals surface area contributed by atoms with Crippen molar-refractivity contribution < 1.29 is 22.1 Å². The van der Waals surface area contributed by atoms with Crippen molar-refractivity contribution >= 4 is 32.0 Å². The second-order valence-corrected chi connectivity index (χ2v) is 13.1. The molecule has 0 aliphatic rings. The van der Waals surface area contributed by atoms with Crippen LogP contribution in [0.25, 0.3) is 0 Å². The lowest BCUT2D eigenvalue weighted by molar-refractivity contribution is -0.162. The Hall–Kier alpha value is -1.70. The van der Waals surface area contributed by atoms with E-state index in [1.807, 2.05) is 72.7 Å². The quantitative estimate of drug-likeness (QED) is 0.266. The summed E-state index contributed by atoms with van der Waals surface area (Å²) in [6.45, 7) is 13.2. The van der Waals surface area contributed by atoms with Crippen molar-refractivity contribution in [1.29, 1.82) is 0 Å². The van der Waals surface area contributed by atoms with Crippen molar-refractivity contribution in [1.82, 2.24) is 0 Å². The van der Waals surface area contributed by atoms with Crippen LogP contribution < -0.4 is 0 Å². The molecule has 0 saturated heterocycles. The SMILES string of the molecule is Cc1ccc(S(=O)(=O)OCC(C)(C)CCC(C)(C(=O)OC(C)(C)C)c2cccc(Br)c2)cc1. The highest BCUT2D eigenvalue weighted by atomic mass is 79.9. The molecule has 2 rings (SSSR count). The van der Waals surface area contributed by atoms with E-state index in [0.717, 1.165) is 15.6 Å². The molecule has 2 aromatic carbocycles. The summed E-state index contributed by atoms with van der Waals surface area (Å²) in [5.41, 5.74) is -0.194. The maximum absolute atomic E-state index is 13.3. The summed E-state index contributed by atoms with van der Waals surface area (Å²) in [5, 5.41) is 0. The molecule has 1 unspecified atom stereocenters. The number of aryl methyl sites for hydroxylation is 1. The lowest BCUT2D eigenvalue weighted by atomic mass is 9.74. The molecule has 0 saturated carbocycles. The molecule has 0 bridgehead atoms. The van der Waals surface area contributed by atoms with Gasteiger partial charge in [-0.25, -0.2) is 0 Å². The minimum absolute atomic E-state index is 0.00604. The summed E-state index contributed by atoms with van der Waals surface area (Å²) >= 11 is 3.49. The Kier molecular flexibility index (Phi) is 8.58. The van der Waals surface area contributed by atoms with Gasteiger partial charge < -0.3 is 4.74 Å². The molecule has 5 nitrogen and oxygen atoms in total. The van der Waals surface area contributed by atoms with Crippen LogP contribution in [0.3, 0.4) is 0 Å². The van der Waals surface area contributed by atoms with Gasteiger partial charge in [-0.1, -0.05) is 59.6 Å². The molecular weight excluding hydrogens is 504 g/mol. The number of hydrogen-bond donors (Lipinski definition) is 0. The van der Waals surface area contributed by atoms with E-state index in [1.54, 1.807) is 24.3 Å². The zero-order valence-electron chi connectivity index (χ0n) is 20.6. The Bertz CT molecular complexity index is 1070. The van der Waals surface area contributed by atoms with Gasteiger partial charge in [0.25, 0.3) is 10.1 Å². The van der Waals surface area contributed by atoms with Crippen LogP contribution in [0.2, 0.25) is 0 Å². The number of hydrogen-bond acceptors (Lipinski definition) is 5. The second-order valence-electron chi connectivity index (χ2n) is 10.5. The van der Waals surface area contributed by atoms with Crippen LogP contribution in [-0.4, -0.2) is 26.6 Å². The van der Waals surface area contributed by atoms with Gasteiger partial charge in [0.2, 0.25) is 0 Å². The Labute approximate surface area is 207 Å². The monoisotopic (exact) mass is 538 g/mol. The highest BCUT2D eigenvalue weighted by molar-refractivity contribution is 9.10. The molecule has 0 N–H and O–H groups in total. The van der Waals surface area contributed by atoms with Crippen LogP contribution in [0.4, 0.5) is 0 Å². The smallest absolute Gasteiger partial charge is 0.316 e. The van der Waals surface area contributed by atoms with Gasteiger partial charge in [-0.2, -0.15) is 8.42 Å². The third-order valence-electron chi connectivity index (χ3n) is 5.53. The molecule has 1 atom stereocenters. The minimum Gasteiger partial charge on any atom is -0.459 e. The molecule has 0 aromatic heterocycles. The molecule has 0 heterocycles. The zero-order chi connectivity index (χ0) is 25.1. The fourth-order valence-corrected chi connectivity index (χ4v) is 4.74. The summed E-state index contributed by atoms with van der Waals surface area (Å²) in [7, 11) is -3.86. The van der Waals surface area contributed by atoms with Gasteiger partial charge in [-0.15, -0.1) is 0 Å². The molecule has 0 fully saturated rings. The van der Waals surface area contributed by atoms with E-state index in [1.165, 1.54) is 0 Å².